The Kier molecular flexibility index (Phi) is 4.75. The minimum Gasteiger partial charge on any atom is -0.273 e. The zero-order valence-corrected chi connectivity index (χ0v) is 11.1. The topological polar surface area (TPSA) is 58.2 Å². The Labute approximate surface area is 111 Å². The van der Waals surface area contributed by atoms with Crippen LogP contribution in [0, 0.1) is 5.92 Å². The fourth-order valence-electron chi connectivity index (χ4n) is 2.21. The van der Waals surface area contributed by atoms with Crippen LogP contribution in [0.2, 0.25) is 0 Å². The van der Waals surface area contributed by atoms with Crippen molar-refractivity contribution >= 4 is 23.2 Å². The zero-order valence-electron chi connectivity index (χ0n) is 10.3. The Morgan fingerprint density at radius 1 is 1.22 bits per heavy atom. The standard InChI is InChI=1S/C13H18N2O2S/c16-12(9-11-7-4-8-18-11)14-15-13(17)10-5-2-1-3-6-10/h4,7-8,10H,1-3,5-6,9H2,(H,14,16)(H,15,17). The summed E-state index contributed by atoms with van der Waals surface area (Å²) in [6, 6.07) is 3.82. The molecule has 1 aliphatic rings. The van der Waals surface area contributed by atoms with Crippen LogP contribution in [0.15, 0.2) is 17.5 Å². The van der Waals surface area contributed by atoms with E-state index in [1.807, 2.05) is 17.5 Å². The number of hydrogen-bond acceptors (Lipinski definition) is 3. The van der Waals surface area contributed by atoms with Gasteiger partial charge in [0.05, 0.1) is 6.42 Å². The molecule has 1 heterocycles. The van der Waals surface area contributed by atoms with Gasteiger partial charge in [-0.3, -0.25) is 20.4 Å². The van der Waals surface area contributed by atoms with Crippen LogP contribution in [0.1, 0.15) is 37.0 Å². The summed E-state index contributed by atoms with van der Waals surface area (Å²) >= 11 is 1.54. The maximum Gasteiger partial charge on any atom is 0.243 e. The van der Waals surface area contributed by atoms with Crippen molar-refractivity contribution in [1.82, 2.24) is 10.9 Å². The van der Waals surface area contributed by atoms with Crippen molar-refractivity contribution in [3.8, 4) is 0 Å². The second kappa shape index (κ2) is 6.54. The predicted octanol–water partition coefficient (Wildman–Crippen LogP) is 2.02. The molecule has 0 atom stereocenters. The Hall–Kier alpha value is -1.36. The lowest BCUT2D eigenvalue weighted by molar-refractivity contribution is -0.131. The normalized spacial score (nSPS) is 16.2. The highest BCUT2D eigenvalue weighted by Gasteiger charge is 2.21. The van der Waals surface area contributed by atoms with Crippen molar-refractivity contribution in [1.29, 1.82) is 0 Å². The minimum absolute atomic E-state index is 0.0470. The third-order valence-electron chi connectivity index (χ3n) is 3.22. The van der Waals surface area contributed by atoms with Gasteiger partial charge in [0.1, 0.15) is 0 Å². The maximum atomic E-state index is 11.8. The summed E-state index contributed by atoms with van der Waals surface area (Å²) in [7, 11) is 0. The van der Waals surface area contributed by atoms with Gasteiger partial charge >= 0.3 is 0 Å². The summed E-state index contributed by atoms with van der Waals surface area (Å²) in [6.07, 6.45) is 5.64. The van der Waals surface area contributed by atoms with Crippen LogP contribution in [0.4, 0.5) is 0 Å². The molecule has 2 rings (SSSR count). The molecule has 0 unspecified atom stereocenters. The van der Waals surface area contributed by atoms with Gasteiger partial charge in [-0.05, 0) is 24.3 Å². The quantitative estimate of drug-likeness (QED) is 0.822. The van der Waals surface area contributed by atoms with Gasteiger partial charge in [-0.2, -0.15) is 0 Å². The average Bonchev–Trinajstić information content (AvgIpc) is 2.90. The molecule has 1 fully saturated rings. The number of amides is 2. The lowest BCUT2D eigenvalue weighted by atomic mass is 9.89. The van der Waals surface area contributed by atoms with Crippen LogP contribution in [-0.4, -0.2) is 11.8 Å². The molecular weight excluding hydrogens is 248 g/mol. The highest BCUT2D eigenvalue weighted by Crippen LogP contribution is 2.23. The molecule has 0 aliphatic heterocycles. The molecule has 5 heteroatoms. The monoisotopic (exact) mass is 266 g/mol. The van der Waals surface area contributed by atoms with Gasteiger partial charge in [0.2, 0.25) is 11.8 Å². The van der Waals surface area contributed by atoms with E-state index in [4.69, 9.17) is 0 Å². The van der Waals surface area contributed by atoms with Gasteiger partial charge in [0, 0.05) is 10.8 Å². The first-order valence-corrected chi connectivity index (χ1v) is 7.25. The number of carbonyl (C=O) groups excluding carboxylic acids is 2. The van der Waals surface area contributed by atoms with Crippen molar-refractivity contribution < 1.29 is 9.59 Å². The molecular formula is C13H18N2O2S. The van der Waals surface area contributed by atoms with E-state index in [0.717, 1.165) is 30.6 Å². The van der Waals surface area contributed by atoms with Crippen LogP contribution < -0.4 is 10.9 Å². The predicted molar refractivity (Wildman–Crippen MR) is 70.9 cm³/mol. The van der Waals surface area contributed by atoms with Gasteiger partial charge in [-0.25, -0.2) is 0 Å². The SMILES string of the molecule is O=C(Cc1cccs1)NNC(=O)C1CCCCC1. The third-order valence-corrected chi connectivity index (χ3v) is 4.09. The minimum atomic E-state index is -0.165. The van der Waals surface area contributed by atoms with Crippen LogP contribution in [0.5, 0.6) is 0 Å². The fraction of sp³-hybridized carbons (Fsp3) is 0.538. The lowest BCUT2D eigenvalue weighted by Gasteiger charge is -2.20. The van der Waals surface area contributed by atoms with E-state index in [9.17, 15) is 9.59 Å². The summed E-state index contributed by atoms with van der Waals surface area (Å²) in [5, 5.41) is 1.93. The van der Waals surface area contributed by atoms with Crippen LogP contribution in [0.3, 0.4) is 0 Å². The highest BCUT2D eigenvalue weighted by atomic mass is 32.1. The first kappa shape index (κ1) is 13.1. The van der Waals surface area contributed by atoms with E-state index in [1.165, 1.54) is 6.42 Å². The van der Waals surface area contributed by atoms with Crippen LogP contribution in [0.25, 0.3) is 0 Å². The second-order valence-corrected chi connectivity index (χ2v) is 5.66. The molecule has 0 saturated heterocycles. The zero-order chi connectivity index (χ0) is 12.8. The molecule has 0 bridgehead atoms. The summed E-state index contributed by atoms with van der Waals surface area (Å²) < 4.78 is 0. The summed E-state index contributed by atoms with van der Waals surface area (Å²) in [5.74, 6) is -0.142. The van der Waals surface area contributed by atoms with Crippen molar-refractivity contribution in [3.05, 3.63) is 22.4 Å². The molecule has 0 spiro atoms. The van der Waals surface area contributed by atoms with Crippen LogP contribution >= 0.6 is 11.3 Å². The van der Waals surface area contributed by atoms with Gasteiger partial charge in [-0.15, -0.1) is 11.3 Å². The third kappa shape index (κ3) is 3.84. The number of thiophene rings is 1. The largest absolute Gasteiger partial charge is 0.273 e. The molecule has 0 radical (unpaired) electrons. The van der Waals surface area contributed by atoms with Gasteiger partial charge in [-0.1, -0.05) is 25.3 Å². The van der Waals surface area contributed by atoms with E-state index < -0.39 is 0 Å². The van der Waals surface area contributed by atoms with E-state index in [-0.39, 0.29) is 17.7 Å². The highest BCUT2D eigenvalue weighted by molar-refractivity contribution is 7.10. The van der Waals surface area contributed by atoms with Gasteiger partial charge < -0.3 is 0 Å². The maximum absolute atomic E-state index is 11.8. The van der Waals surface area contributed by atoms with Crippen LogP contribution in [-0.2, 0) is 16.0 Å². The van der Waals surface area contributed by atoms with Crippen molar-refractivity contribution in [2.24, 2.45) is 5.92 Å². The average molecular weight is 266 g/mol. The Morgan fingerprint density at radius 3 is 2.67 bits per heavy atom. The number of carbonyl (C=O) groups is 2. The second-order valence-electron chi connectivity index (χ2n) is 4.63. The molecule has 1 aliphatic carbocycles. The molecule has 0 aromatic carbocycles. The van der Waals surface area contributed by atoms with Crippen molar-refractivity contribution in [2.75, 3.05) is 0 Å². The molecule has 18 heavy (non-hydrogen) atoms. The van der Waals surface area contributed by atoms with Crippen molar-refractivity contribution in [2.45, 2.75) is 38.5 Å². The number of nitrogens with one attached hydrogen (secondary N) is 2. The molecule has 1 saturated carbocycles. The summed E-state index contributed by atoms with van der Waals surface area (Å²) in [5.41, 5.74) is 5.02. The van der Waals surface area contributed by atoms with E-state index in [2.05, 4.69) is 10.9 Å². The lowest BCUT2D eigenvalue weighted by Crippen LogP contribution is -2.45. The smallest absolute Gasteiger partial charge is 0.243 e. The molecule has 1 aromatic heterocycles. The Bertz CT molecular complexity index is 397. The summed E-state index contributed by atoms with van der Waals surface area (Å²) in [4.78, 5) is 24.4. The molecule has 1 aromatic rings. The first-order chi connectivity index (χ1) is 8.75. The van der Waals surface area contributed by atoms with Crippen molar-refractivity contribution in [3.63, 3.8) is 0 Å². The Balaban J connectivity index is 1.70. The number of hydrogen-bond donors (Lipinski definition) is 2. The summed E-state index contributed by atoms with van der Waals surface area (Å²) in [6.45, 7) is 0. The van der Waals surface area contributed by atoms with E-state index in [1.54, 1.807) is 11.3 Å². The van der Waals surface area contributed by atoms with E-state index >= 15 is 0 Å². The van der Waals surface area contributed by atoms with Gasteiger partial charge in [0.25, 0.3) is 0 Å². The van der Waals surface area contributed by atoms with Gasteiger partial charge in [0.15, 0.2) is 0 Å². The molecule has 98 valence electrons. The Morgan fingerprint density at radius 2 is 2.00 bits per heavy atom. The first-order valence-electron chi connectivity index (χ1n) is 6.37. The molecule has 2 N–H and O–H groups in total. The number of hydrazine groups is 1. The fourth-order valence-corrected chi connectivity index (χ4v) is 2.92. The molecule has 4 nitrogen and oxygen atoms in total. The number of rotatable bonds is 3. The van der Waals surface area contributed by atoms with E-state index in [0.29, 0.717) is 6.42 Å². The molecule has 2 amide bonds.